The van der Waals surface area contributed by atoms with E-state index in [9.17, 15) is 9.59 Å². The maximum Gasteiger partial charge on any atom is 0.282 e. The Bertz CT molecular complexity index is 1220. The van der Waals surface area contributed by atoms with E-state index in [0.29, 0.717) is 33.5 Å². The van der Waals surface area contributed by atoms with E-state index in [0.717, 1.165) is 4.90 Å². The lowest BCUT2D eigenvalue weighted by Gasteiger charge is -2.16. The molecule has 1 N–H and O–H groups in total. The lowest BCUT2D eigenvalue weighted by Crippen LogP contribution is -2.32. The van der Waals surface area contributed by atoms with Crippen LogP contribution in [0.5, 0.6) is 11.5 Å². The predicted molar refractivity (Wildman–Crippen MR) is 130 cm³/mol. The van der Waals surface area contributed by atoms with Crippen molar-refractivity contribution in [1.29, 1.82) is 0 Å². The number of hydrogen-bond donors (Lipinski definition) is 1. The van der Waals surface area contributed by atoms with Crippen molar-refractivity contribution in [2.75, 3.05) is 17.3 Å². The number of rotatable bonds is 7. The molecular formula is C26H23ClN2O4. The molecule has 4 rings (SSSR count). The van der Waals surface area contributed by atoms with E-state index in [1.165, 1.54) is 7.11 Å². The van der Waals surface area contributed by atoms with Gasteiger partial charge in [-0.1, -0.05) is 41.9 Å². The maximum atomic E-state index is 13.5. The van der Waals surface area contributed by atoms with Crippen molar-refractivity contribution in [2.24, 2.45) is 0 Å². The molecule has 0 radical (unpaired) electrons. The zero-order valence-electron chi connectivity index (χ0n) is 18.5. The van der Waals surface area contributed by atoms with Crippen molar-refractivity contribution in [3.05, 3.63) is 89.1 Å². The van der Waals surface area contributed by atoms with Crippen molar-refractivity contribution in [1.82, 2.24) is 0 Å². The first kappa shape index (κ1) is 22.4. The highest BCUT2D eigenvalue weighted by molar-refractivity contribution is 6.46. The summed E-state index contributed by atoms with van der Waals surface area (Å²) in [5.41, 5.74) is 1.95. The van der Waals surface area contributed by atoms with Gasteiger partial charge in [0.15, 0.2) is 0 Å². The van der Waals surface area contributed by atoms with Gasteiger partial charge in [-0.05, 0) is 61.9 Å². The number of imide groups is 1. The Kier molecular flexibility index (Phi) is 6.38. The Hall–Kier alpha value is -3.77. The average molecular weight is 463 g/mol. The Morgan fingerprint density at radius 1 is 0.909 bits per heavy atom. The van der Waals surface area contributed by atoms with Gasteiger partial charge in [-0.15, -0.1) is 0 Å². The average Bonchev–Trinajstić information content (AvgIpc) is 3.04. The summed E-state index contributed by atoms with van der Waals surface area (Å²) in [5, 5.41) is 3.57. The van der Waals surface area contributed by atoms with Crippen LogP contribution in [0.1, 0.15) is 19.4 Å². The smallest absolute Gasteiger partial charge is 0.282 e. The van der Waals surface area contributed by atoms with Gasteiger partial charge in [-0.2, -0.15) is 0 Å². The number of anilines is 2. The third kappa shape index (κ3) is 4.56. The number of nitrogens with one attached hydrogen (secondary N) is 1. The highest BCUT2D eigenvalue weighted by atomic mass is 35.5. The molecule has 168 valence electrons. The molecule has 7 heteroatoms. The highest BCUT2D eigenvalue weighted by Crippen LogP contribution is 2.36. The van der Waals surface area contributed by atoms with Gasteiger partial charge in [0.2, 0.25) is 0 Å². The Labute approximate surface area is 197 Å². The summed E-state index contributed by atoms with van der Waals surface area (Å²) in [6, 6.07) is 20.9. The van der Waals surface area contributed by atoms with Gasteiger partial charge in [0, 0.05) is 5.02 Å². The minimum absolute atomic E-state index is 0.0193. The molecule has 0 saturated heterocycles. The number of para-hydroxylation sites is 1. The SMILES string of the molecule is COc1ccc(Cl)cc1NC1=C(c2ccc(OC(C)C)cc2)C(=O)N(c2ccccc2)C1=O. The fourth-order valence-corrected chi connectivity index (χ4v) is 3.78. The van der Waals surface area contributed by atoms with Crippen LogP contribution in [-0.4, -0.2) is 25.0 Å². The molecule has 1 aliphatic heterocycles. The number of nitrogens with zero attached hydrogens (tertiary/aromatic N) is 1. The number of ether oxygens (including phenoxy) is 2. The van der Waals surface area contributed by atoms with Crippen molar-refractivity contribution in [3.63, 3.8) is 0 Å². The molecular weight excluding hydrogens is 440 g/mol. The van der Waals surface area contributed by atoms with E-state index < -0.39 is 11.8 Å². The number of benzene rings is 3. The molecule has 1 heterocycles. The quantitative estimate of drug-likeness (QED) is 0.467. The van der Waals surface area contributed by atoms with Crippen molar-refractivity contribution < 1.29 is 19.1 Å². The van der Waals surface area contributed by atoms with Crippen LogP contribution < -0.4 is 19.7 Å². The fraction of sp³-hybridized carbons (Fsp3) is 0.154. The molecule has 0 spiro atoms. The topological polar surface area (TPSA) is 67.9 Å². The third-order valence-corrected chi connectivity index (χ3v) is 5.27. The first-order valence-electron chi connectivity index (χ1n) is 10.4. The number of halogens is 1. The van der Waals surface area contributed by atoms with E-state index in [4.69, 9.17) is 21.1 Å². The number of methoxy groups -OCH3 is 1. The minimum atomic E-state index is -0.467. The van der Waals surface area contributed by atoms with Gasteiger partial charge in [-0.25, -0.2) is 4.90 Å². The minimum Gasteiger partial charge on any atom is -0.495 e. The fourth-order valence-electron chi connectivity index (χ4n) is 3.61. The summed E-state index contributed by atoms with van der Waals surface area (Å²) in [6.45, 7) is 3.88. The first-order valence-corrected chi connectivity index (χ1v) is 10.8. The van der Waals surface area contributed by atoms with Crippen LogP contribution in [0.15, 0.2) is 78.5 Å². The zero-order valence-corrected chi connectivity index (χ0v) is 19.2. The first-order chi connectivity index (χ1) is 15.9. The third-order valence-electron chi connectivity index (χ3n) is 5.03. The van der Waals surface area contributed by atoms with Crippen molar-refractivity contribution in [2.45, 2.75) is 20.0 Å². The summed E-state index contributed by atoms with van der Waals surface area (Å²) in [6.07, 6.45) is 0.0193. The lowest BCUT2D eigenvalue weighted by atomic mass is 10.0. The molecule has 33 heavy (non-hydrogen) atoms. The van der Waals surface area contributed by atoms with Crippen LogP contribution in [0.25, 0.3) is 5.57 Å². The summed E-state index contributed by atoms with van der Waals surface area (Å²) in [4.78, 5) is 28.2. The Balaban J connectivity index is 1.81. The highest BCUT2D eigenvalue weighted by Gasteiger charge is 2.40. The van der Waals surface area contributed by atoms with Crippen LogP contribution in [-0.2, 0) is 9.59 Å². The predicted octanol–water partition coefficient (Wildman–Crippen LogP) is 5.53. The van der Waals surface area contributed by atoms with Crippen molar-refractivity contribution >= 4 is 40.4 Å². The second-order valence-electron chi connectivity index (χ2n) is 7.69. The van der Waals surface area contributed by atoms with Crippen LogP contribution in [0.2, 0.25) is 5.02 Å². The van der Waals surface area contributed by atoms with E-state index in [1.807, 2.05) is 19.9 Å². The monoisotopic (exact) mass is 462 g/mol. The molecule has 0 fully saturated rings. The molecule has 0 aromatic heterocycles. The van der Waals surface area contributed by atoms with Gasteiger partial charge < -0.3 is 14.8 Å². The van der Waals surface area contributed by atoms with Gasteiger partial charge in [-0.3, -0.25) is 9.59 Å². The summed E-state index contributed by atoms with van der Waals surface area (Å²) in [7, 11) is 1.52. The number of carbonyl (C=O) groups excluding carboxylic acids is 2. The lowest BCUT2D eigenvalue weighted by molar-refractivity contribution is -0.120. The molecule has 3 aromatic rings. The molecule has 2 amide bonds. The Morgan fingerprint density at radius 3 is 2.24 bits per heavy atom. The molecule has 0 unspecified atom stereocenters. The molecule has 1 aliphatic rings. The van der Waals surface area contributed by atoms with Crippen LogP contribution in [0, 0.1) is 0 Å². The number of amides is 2. The molecule has 0 bridgehead atoms. The van der Waals surface area contributed by atoms with Gasteiger partial charge >= 0.3 is 0 Å². The molecule has 0 saturated carbocycles. The number of carbonyl (C=O) groups is 2. The molecule has 0 atom stereocenters. The maximum absolute atomic E-state index is 13.5. The Morgan fingerprint density at radius 2 is 1.61 bits per heavy atom. The molecule has 6 nitrogen and oxygen atoms in total. The standard InChI is InChI=1S/C26H23ClN2O4/c1-16(2)33-20-12-9-17(10-13-20)23-24(28-21-15-18(27)11-14-22(21)32-3)26(31)29(25(23)30)19-7-5-4-6-8-19/h4-16,28H,1-3H3. The largest absolute Gasteiger partial charge is 0.495 e. The second kappa shape index (κ2) is 9.38. The van der Waals surface area contributed by atoms with Gasteiger partial charge in [0.25, 0.3) is 11.8 Å². The van der Waals surface area contributed by atoms with E-state index >= 15 is 0 Å². The van der Waals surface area contributed by atoms with Crippen LogP contribution in [0.3, 0.4) is 0 Å². The number of hydrogen-bond acceptors (Lipinski definition) is 5. The van der Waals surface area contributed by atoms with Crippen LogP contribution >= 0.6 is 11.6 Å². The van der Waals surface area contributed by atoms with E-state index in [1.54, 1.807) is 66.7 Å². The second-order valence-corrected chi connectivity index (χ2v) is 8.13. The molecule has 3 aromatic carbocycles. The normalized spacial score (nSPS) is 13.7. The van der Waals surface area contributed by atoms with Gasteiger partial charge in [0.05, 0.1) is 30.2 Å². The van der Waals surface area contributed by atoms with Crippen LogP contribution in [0.4, 0.5) is 11.4 Å². The van der Waals surface area contributed by atoms with E-state index in [2.05, 4.69) is 5.32 Å². The summed E-state index contributed by atoms with van der Waals surface area (Å²) >= 11 is 6.17. The van der Waals surface area contributed by atoms with Crippen molar-refractivity contribution in [3.8, 4) is 11.5 Å². The van der Waals surface area contributed by atoms with E-state index in [-0.39, 0.29) is 17.4 Å². The summed E-state index contributed by atoms with van der Waals surface area (Å²) < 4.78 is 11.1. The summed E-state index contributed by atoms with van der Waals surface area (Å²) in [5.74, 6) is 0.278. The van der Waals surface area contributed by atoms with Gasteiger partial charge in [0.1, 0.15) is 17.2 Å². The zero-order chi connectivity index (χ0) is 23.5. The molecule has 0 aliphatic carbocycles.